The van der Waals surface area contributed by atoms with E-state index in [1.54, 1.807) is 7.11 Å². The normalized spacial score (nSPS) is 15.1. The van der Waals surface area contributed by atoms with Crippen LogP contribution in [-0.2, 0) is 4.79 Å². The largest absolute Gasteiger partial charge is 0.497 e. The Hall–Kier alpha value is -2.77. The molecule has 0 spiro atoms. The molecule has 0 unspecified atom stereocenters. The zero-order chi connectivity index (χ0) is 27.0. The van der Waals surface area contributed by atoms with Crippen molar-refractivity contribution < 1.29 is 24.1 Å². The second-order valence-corrected chi connectivity index (χ2v) is 10.1. The van der Waals surface area contributed by atoms with Crippen LogP contribution in [0.2, 0.25) is 0 Å². The van der Waals surface area contributed by atoms with Gasteiger partial charge in [0.25, 0.3) is 0 Å². The highest BCUT2D eigenvalue weighted by Gasteiger charge is 2.25. The molecule has 3 rings (SSSR count). The first-order valence-electron chi connectivity index (χ1n) is 14.3. The molecule has 0 saturated carbocycles. The first-order chi connectivity index (χ1) is 18.6. The van der Waals surface area contributed by atoms with E-state index in [4.69, 9.17) is 14.2 Å². The molecule has 1 amide bonds. The minimum atomic E-state index is -0.659. The number of nitrogens with one attached hydrogen (secondary N) is 1. The summed E-state index contributed by atoms with van der Waals surface area (Å²) in [6.45, 7) is 6.68. The van der Waals surface area contributed by atoms with E-state index in [0.717, 1.165) is 55.5 Å². The Morgan fingerprint density at radius 2 is 1.50 bits per heavy atom. The van der Waals surface area contributed by atoms with Gasteiger partial charge in [-0.2, -0.15) is 0 Å². The smallest absolute Gasteiger partial charge is 0.220 e. The summed E-state index contributed by atoms with van der Waals surface area (Å²) in [5, 5.41) is 14.3. The molecule has 38 heavy (non-hydrogen) atoms. The van der Waals surface area contributed by atoms with Crippen LogP contribution >= 0.6 is 0 Å². The summed E-state index contributed by atoms with van der Waals surface area (Å²) in [7, 11) is 1.63. The molecular weight excluding hydrogens is 480 g/mol. The fourth-order valence-electron chi connectivity index (χ4n) is 4.75. The van der Waals surface area contributed by atoms with Gasteiger partial charge >= 0.3 is 0 Å². The van der Waals surface area contributed by atoms with Crippen LogP contribution < -0.4 is 19.5 Å². The summed E-state index contributed by atoms with van der Waals surface area (Å²) < 4.78 is 16.7. The van der Waals surface area contributed by atoms with E-state index in [1.807, 2.05) is 48.5 Å². The van der Waals surface area contributed by atoms with Gasteiger partial charge in [0, 0.05) is 25.4 Å². The predicted octanol–water partition coefficient (Wildman–Crippen LogP) is 5.38. The van der Waals surface area contributed by atoms with Crippen LogP contribution in [0.3, 0.4) is 0 Å². The number of aliphatic hydroxyl groups is 1. The van der Waals surface area contributed by atoms with Gasteiger partial charge in [-0.05, 0) is 80.7 Å². The van der Waals surface area contributed by atoms with Crippen molar-refractivity contribution >= 4 is 5.91 Å². The predicted molar refractivity (Wildman–Crippen MR) is 151 cm³/mol. The second kappa shape index (κ2) is 16.9. The molecule has 1 saturated heterocycles. The third kappa shape index (κ3) is 10.5. The van der Waals surface area contributed by atoms with Crippen LogP contribution in [0.4, 0.5) is 0 Å². The summed E-state index contributed by atoms with van der Waals surface area (Å²) in [4.78, 5) is 14.9. The van der Waals surface area contributed by atoms with E-state index >= 15 is 0 Å². The quantitative estimate of drug-likeness (QED) is 0.254. The van der Waals surface area contributed by atoms with Crippen LogP contribution in [0, 0.1) is 5.92 Å². The Morgan fingerprint density at radius 1 is 0.895 bits per heavy atom. The van der Waals surface area contributed by atoms with Crippen molar-refractivity contribution in [3.8, 4) is 17.2 Å². The van der Waals surface area contributed by atoms with Crippen LogP contribution in [0.25, 0.3) is 0 Å². The standard InChI is InChI=1S/C31H46N2O5/c1-3-4-5-8-21-37-28-13-11-25(12-14-28)31(35)26(24-33-19-6-7-20-33)23-32-30(34)10-9-22-38-29-17-15-27(36-2)16-18-29/h11-18,26,31,35H,3-10,19-24H2,1-2H3,(H,32,34)/t26-,31-/m1/s1. The second-order valence-electron chi connectivity index (χ2n) is 10.1. The van der Waals surface area contributed by atoms with Gasteiger partial charge in [0.2, 0.25) is 5.91 Å². The average Bonchev–Trinajstić information content (AvgIpc) is 3.47. The number of aliphatic hydroxyl groups excluding tert-OH is 1. The van der Waals surface area contributed by atoms with Gasteiger partial charge in [0.05, 0.1) is 26.4 Å². The number of hydrogen-bond acceptors (Lipinski definition) is 6. The summed E-state index contributed by atoms with van der Waals surface area (Å²) in [5.41, 5.74) is 0.856. The zero-order valence-corrected chi connectivity index (χ0v) is 23.2. The van der Waals surface area contributed by atoms with E-state index in [-0.39, 0.29) is 11.8 Å². The number of rotatable bonds is 18. The molecule has 1 fully saturated rings. The molecule has 1 aliphatic rings. The van der Waals surface area contributed by atoms with E-state index in [1.165, 1.54) is 32.1 Å². The average molecular weight is 527 g/mol. The number of carbonyl (C=O) groups excluding carboxylic acids is 1. The van der Waals surface area contributed by atoms with Crippen molar-refractivity contribution in [2.75, 3.05) is 46.5 Å². The van der Waals surface area contributed by atoms with E-state index in [9.17, 15) is 9.90 Å². The lowest BCUT2D eigenvalue weighted by Gasteiger charge is -2.28. The molecule has 2 N–H and O–H groups in total. The first kappa shape index (κ1) is 29.8. The molecule has 0 aliphatic carbocycles. The van der Waals surface area contributed by atoms with Gasteiger partial charge in [0.1, 0.15) is 17.2 Å². The van der Waals surface area contributed by atoms with Crippen LogP contribution in [0.1, 0.15) is 70.0 Å². The van der Waals surface area contributed by atoms with Gasteiger partial charge < -0.3 is 29.5 Å². The summed E-state index contributed by atoms with van der Waals surface area (Å²) >= 11 is 0. The number of benzene rings is 2. The van der Waals surface area contributed by atoms with Crippen molar-refractivity contribution in [3.05, 3.63) is 54.1 Å². The summed E-state index contributed by atoms with van der Waals surface area (Å²) in [6.07, 6.45) is 7.42. The number of hydrogen-bond donors (Lipinski definition) is 2. The maximum Gasteiger partial charge on any atom is 0.220 e. The number of methoxy groups -OCH3 is 1. The van der Waals surface area contributed by atoms with Gasteiger partial charge in [-0.25, -0.2) is 0 Å². The molecule has 7 nitrogen and oxygen atoms in total. The lowest BCUT2D eigenvalue weighted by molar-refractivity contribution is -0.121. The topological polar surface area (TPSA) is 80.3 Å². The van der Waals surface area contributed by atoms with E-state index < -0.39 is 6.10 Å². The monoisotopic (exact) mass is 526 g/mol. The molecule has 2 aromatic carbocycles. The van der Waals surface area contributed by atoms with Crippen LogP contribution in [-0.4, -0.2) is 62.4 Å². The van der Waals surface area contributed by atoms with Gasteiger partial charge in [-0.3, -0.25) is 4.79 Å². The Kier molecular flexibility index (Phi) is 13.3. The lowest BCUT2D eigenvalue weighted by Crippen LogP contribution is -2.38. The highest BCUT2D eigenvalue weighted by molar-refractivity contribution is 5.75. The number of unbranched alkanes of at least 4 members (excludes halogenated alkanes) is 3. The minimum Gasteiger partial charge on any atom is -0.497 e. The lowest BCUT2D eigenvalue weighted by atomic mass is 9.94. The fourth-order valence-corrected chi connectivity index (χ4v) is 4.75. The maximum absolute atomic E-state index is 12.6. The SMILES string of the molecule is CCCCCCOc1ccc([C@@H](O)[C@H](CNC(=O)CCCOc2ccc(OC)cc2)CN2CCCC2)cc1. The summed E-state index contributed by atoms with van der Waals surface area (Å²) in [5.74, 6) is 2.26. The summed E-state index contributed by atoms with van der Waals surface area (Å²) in [6, 6.07) is 15.2. The van der Waals surface area contributed by atoms with Gasteiger partial charge in [-0.15, -0.1) is 0 Å². The first-order valence-corrected chi connectivity index (χ1v) is 14.3. The third-order valence-electron chi connectivity index (χ3n) is 7.06. The number of ether oxygens (including phenoxy) is 3. The number of nitrogens with zero attached hydrogens (tertiary/aromatic N) is 1. The molecule has 0 bridgehead atoms. The third-order valence-corrected chi connectivity index (χ3v) is 7.06. The Balaban J connectivity index is 1.44. The van der Waals surface area contributed by atoms with E-state index in [0.29, 0.717) is 26.0 Å². The van der Waals surface area contributed by atoms with Crippen molar-refractivity contribution in [1.82, 2.24) is 10.2 Å². The highest BCUT2D eigenvalue weighted by atomic mass is 16.5. The minimum absolute atomic E-state index is 0.0197. The van der Waals surface area contributed by atoms with E-state index in [2.05, 4.69) is 17.1 Å². The van der Waals surface area contributed by atoms with Crippen molar-refractivity contribution in [2.24, 2.45) is 5.92 Å². The molecule has 7 heteroatoms. The molecule has 210 valence electrons. The molecule has 0 radical (unpaired) electrons. The molecule has 2 aromatic rings. The fraction of sp³-hybridized carbons (Fsp3) is 0.581. The van der Waals surface area contributed by atoms with Crippen LogP contribution in [0.5, 0.6) is 17.2 Å². The van der Waals surface area contributed by atoms with Gasteiger partial charge in [-0.1, -0.05) is 38.3 Å². The Morgan fingerprint density at radius 3 is 2.13 bits per heavy atom. The number of likely N-dealkylation sites (tertiary alicyclic amines) is 1. The molecule has 0 aromatic heterocycles. The zero-order valence-electron chi connectivity index (χ0n) is 23.2. The number of amides is 1. The molecular formula is C31H46N2O5. The molecule has 2 atom stereocenters. The van der Waals surface area contributed by atoms with Crippen molar-refractivity contribution in [2.45, 2.75) is 64.4 Å². The van der Waals surface area contributed by atoms with Crippen molar-refractivity contribution in [1.29, 1.82) is 0 Å². The van der Waals surface area contributed by atoms with Crippen LogP contribution in [0.15, 0.2) is 48.5 Å². The highest BCUT2D eigenvalue weighted by Crippen LogP contribution is 2.26. The molecule has 1 aliphatic heterocycles. The maximum atomic E-state index is 12.6. The van der Waals surface area contributed by atoms with Gasteiger partial charge in [0.15, 0.2) is 0 Å². The number of carbonyl (C=O) groups is 1. The molecule has 1 heterocycles. The van der Waals surface area contributed by atoms with Crippen molar-refractivity contribution in [3.63, 3.8) is 0 Å². The Labute approximate surface area is 228 Å². The Bertz CT molecular complexity index is 913.